The largest absolute Gasteiger partial charge is 0.387 e. The zero-order chi connectivity index (χ0) is 19.5. The number of hydrogen-bond acceptors (Lipinski definition) is 8. The third kappa shape index (κ3) is 3.83. The molecule has 4 atom stereocenters. The first-order valence-corrected chi connectivity index (χ1v) is 10.4. The third-order valence-corrected chi connectivity index (χ3v) is 6.02. The number of aryl methyl sites for hydroxylation is 1. The number of fused-ring (bicyclic) bond motifs is 1. The molecule has 1 aliphatic rings. The molecule has 3 heterocycles. The summed E-state index contributed by atoms with van der Waals surface area (Å²) in [5.74, 6) is 1.83. The summed E-state index contributed by atoms with van der Waals surface area (Å²) in [6.07, 6.45) is 1.66. The highest BCUT2D eigenvalue weighted by atomic mass is 32.2. The molecule has 0 bridgehead atoms. The molecule has 2 aromatic heterocycles. The van der Waals surface area contributed by atoms with Crippen LogP contribution in [0.2, 0.25) is 0 Å². The zero-order valence-corrected chi connectivity index (χ0v) is 16.1. The fraction of sp³-hybridized carbons (Fsp3) is 0.421. The first-order chi connectivity index (χ1) is 13.6. The molecular formula is C19H23N5O3S. The maximum atomic E-state index is 10.5. The minimum atomic E-state index is -1.07. The Balaban J connectivity index is 1.33. The van der Waals surface area contributed by atoms with E-state index >= 15 is 0 Å². The number of rotatable bonds is 7. The monoisotopic (exact) mass is 401 g/mol. The van der Waals surface area contributed by atoms with Gasteiger partial charge in [0.25, 0.3) is 0 Å². The van der Waals surface area contributed by atoms with Crippen LogP contribution in [0.25, 0.3) is 11.2 Å². The quantitative estimate of drug-likeness (QED) is 0.508. The molecular weight excluding hydrogens is 378 g/mol. The number of aliphatic hydroxyl groups is 2. The van der Waals surface area contributed by atoms with Gasteiger partial charge in [-0.05, 0) is 24.2 Å². The van der Waals surface area contributed by atoms with Crippen molar-refractivity contribution in [2.45, 2.75) is 37.4 Å². The lowest BCUT2D eigenvalue weighted by Gasteiger charge is -2.16. The van der Waals surface area contributed by atoms with Crippen molar-refractivity contribution in [1.29, 1.82) is 0 Å². The second-order valence-electron chi connectivity index (χ2n) is 6.79. The average molecular weight is 401 g/mol. The normalized spacial score (nSPS) is 24.8. The number of ether oxygens (including phenoxy) is 1. The molecule has 0 radical (unpaired) electrons. The van der Waals surface area contributed by atoms with Crippen LogP contribution in [0.1, 0.15) is 18.2 Å². The lowest BCUT2D eigenvalue weighted by atomic mass is 10.1. The van der Waals surface area contributed by atoms with Crippen LogP contribution in [0.3, 0.4) is 0 Å². The molecule has 8 nitrogen and oxygen atoms in total. The summed E-state index contributed by atoms with van der Waals surface area (Å²) >= 11 is 1.71. The van der Waals surface area contributed by atoms with E-state index in [-0.39, 0.29) is 5.82 Å². The van der Waals surface area contributed by atoms with Crippen molar-refractivity contribution in [3.63, 3.8) is 0 Å². The van der Waals surface area contributed by atoms with Gasteiger partial charge in [0.1, 0.15) is 24.1 Å². The van der Waals surface area contributed by atoms with E-state index in [0.29, 0.717) is 16.9 Å². The summed E-state index contributed by atoms with van der Waals surface area (Å²) in [6, 6.07) is 10.4. The molecule has 1 fully saturated rings. The Kier molecular flexibility index (Phi) is 5.77. The first kappa shape index (κ1) is 19.1. The highest BCUT2D eigenvalue weighted by Gasteiger charge is 2.44. The topological polar surface area (TPSA) is 119 Å². The van der Waals surface area contributed by atoms with E-state index in [1.165, 1.54) is 18.2 Å². The SMILES string of the molecule is Nc1ncnc2c1ncn2[C@@H]1O[C@H](CSCCCc2ccccc2)[C@@H](O)[C@H]1O. The Labute approximate surface area is 166 Å². The van der Waals surface area contributed by atoms with Crippen LogP contribution in [-0.2, 0) is 11.2 Å². The highest BCUT2D eigenvalue weighted by molar-refractivity contribution is 7.99. The Morgan fingerprint density at radius 3 is 2.75 bits per heavy atom. The second-order valence-corrected chi connectivity index (χ2v) is 7.94. The minimum Gasteiger partial charge on any atom is -0.387 e. The Hall–Kier alpha value is -2.20. The molecule has 0 saturated carbocycles. The van der Waals surface area contributed by atoms with E-state index in [1.807, 2.05) is 18.2 Å². The van der Waals surface area contributed by atoms with E-state index < -0.39 is 24.5 Å². The standard InChI is InChI=1S/C19H23N5O3S/c20-17-14-18(22-10-21-17)24(11-23-14)19-16(26)15(25)13(27-19)9-28-8-4-7-12-5-2-1-3-6-12/h1-3,5-6,10-11,13,15-16,19,25-26H,4,7-9H2,(H2,20,21,22)/t13-,15-,16-,19-/m1/s1. The molecule has 3 aromatic rings. The van der Waals surface area contributed by atoms with E-state index in [1.54, 1.807) is 16.3 Å². The van der Waals surface area contributed by atoms with E-state index in [0.717, 1.165) is 18.6 Å². The van der Waals surface area contributed by atoms with Gasteiger partial charge in [0.05, 0.1) is 12.4 Å². The number of aliphatic hydroxyl groups excluding tert-OH is 2. The molecule has 148 valence electrons. The van der Waals surface area contributed by atoms with E-state index in [9.17, 15) is 10.2 Å². The number of aromatic nitrogens is 4. The van der Waals surface area contributed by atoms with Crippen LogP contribution >= 0.6 is 11.8 Å². The van der Waals surface area contributed by atoms with Gasteiger partial charge >= 0.3 is 0 Å². The summed E-state index contributed by atoms with van der Waals surface area (Å²) < 4.78 is 7.54. The number of nitrogens with zero attached hydrogens (tertiary/aromatic N) is 4. The minimum absolute atomic E-state index is 0.266. The van der Waals surface area contributed by atoms with Crippen molar-refractivity contribution in [2.75, 3.05) is 17.2 Å². The van der Waals surface area contributed by atoms with Crippen molar-refractivity contribution in [3.8, 4) is 0 Å². The summed E-state index contributed by atoms with van der Waals surface area (Å²) in [4.78, 5) is 12.3. The predicted molar refractivity (Wildman–Crippen MR) is 108 cm³/mol. The smallest absolute Gasteiger partial charge is 0.167 e. The zero-order valence-electron chi connectivity index (χ0n) is 15.3. The van der Waals surface area contributed by atoms with Gasteiger partial charge in [-0.25, -0.2) is 15.0 Å². The van der Waals surface area contributed by atoms with Crippen molar-refractivity contribution in [1.82, 2.24) is 19.5 Å². The Bertz CT molecular complexity index is 922. The molecule has 1 aliphatic heterocycles. The molecule has 0 aliphatic carbocycles. The summed E-state index contributed by atoms with van der Waals surface area (Å²) in [5.41, 5.74) is 8.06. The predicted octanol–water partition coefficient (Wildman–Crippen LogP) is 1.39. The van der Waals surface area contributed by atoms with Gasteiger partial charge in [-0.2, -0.15) is 11.8 Å². The molecule has 0 unspecified atom stereocenters. The number of hydrogen-bond donors (Lipinski definition) is 3. The third-order valence-electron chi connectivity index (χ3n) is 4.88. The fourth-order valence-corrected chi connectivity index (χ4v) is 4.40. The number of imidazole rings is 1. The summed E-state index contributed by atoms with van der Waals surface area (Å²) in [5, 5.41) is 20.9. The van der Waals surface area contributed by atoms with Gasteiger partial charge in [0, 0.05) is 5.75 Å². The van der Waals surface area contributed by atoms with E-state index in [4.69, 9.17) is 10.5 Å². The van der Waals surface area contributed by atoms with Gasteiger partial charge in [-0.3, -0.25) is 4.57 Å². The molecule has 0 spiro atoms. The molecule has 9 heteroatoms. The second kappa shape index (κ2) is 8.44. The molecule has 1 saturated heterocycles. The van der Waals surface area contributed by atoms with Crippen LogP contribution in [0, 0.1) is 0 Å². The van der Waals surface area contributed by atoms with Crippen LogP contribution < -0.4 is 5.73 Å². The maximum absolute atomic E-state index is 10.5. The number of benzene rings is 1. The summed E-state index contributed by atoms with van der Waals surface area (Å²) in [6.45, 7) is 0. The molecule has 4 rings (SSSR count). The highest BCUT2D eigenvalue weighted by Crippen LogP contribution is 2.33. The number of anilines is 1. The van der Waals surface area contributed by atoms with Gasteiger partial charge in [0.15, 0.2) is 17.7 Å². The van der Waals surface area contributed by atoms with Crippen molar-refractivity contribution >= 4 is 28.7 Å². The molecule has 4 N–H and O–H groups in total. The molecule has 0 amide bonds. The van der Waals surface area contributed by atoms with Gasteiger partial charge in [0.2, 0.25) is 0 Å². The van der Waals surface area contributed by atoms with Crippen LogP contribution in [-0.4, -0.2) is 59.5 Å². The van der Waals surface area contributed by atoms with Crippen molar-refractivity contribution in [3.05, 3.63) is 48.5 Å². The number of thioether (sulfide) groups is 1. The fourth-order valence-electron chi connectivity index (χ4n) is 3.38. The van der Waals surface area contributed by atoms with Crippen LogP contribution in [0.15, 0.2) is 43.0 Å². The lowest BCUT2D eigenvalue weighted by Crippen LogP contribution is -2.32. The van der Waals surface area contributed by atoms with Crippen molar-refractivity contribution < 1.29 is 14.9 Å². The van der Waals surface area contributed by atoms with E-state index in [2.05, 4.69) is 27.1 Å². The van der Waals surface area contributed by atoms with Crippen molar-refractivity contribution in [2.24, 2.45) is 0 Å². The van der Waals surface area contributed by atoms with Gasteiger partial charge in [-0.15, -0.1) is 0 Å². The summed E-state index contributed by atoms with van der Waals surface area (Å²) in [7, 11) is 0. The van der Waals surface area contributed by atoms with Crippen LogP contribution in [0.4, 0.5) is 5.82 Å². The molecule has 1 aromatic carbocycles. The number of nitrogens with two attached hydrogens (primary N) is 1. The average Bonchev–Trinajstić information content (AvgIpc) is 3.26. The van der Waals surface area contributed by atoms with Crippen LogP contribution in [0.5, 0.6) is 0 Å². The number of nitrogen functional groups attached to an aromatic ring is 1. The Morgan fingerprint density at radius 1 is 1.11 bits per heavy atom. The Morgan fingerprint density at radius 2 is 1.93 bits per heavy atom. The molecule has 28 heavy (non-hydrogen) atoms. The lowest BCUT2D eigenvalue weighted by molar-refractivity contribution is -0.0289. The van der Waals surface area contributed by atoms with Gasteiger partial charge < -0.3 is 20.7 Å². The first-order valence-electron chi connectivity index (χ1n) is 9.21. The maximum Gasteiger partial charge on any atom is 0.167 e. The van der Waals surface area contributed by atoms with Gasteiger partial charge in [-0.1, -0.05) is 30.3 Å².